The molecule has 0 spiro atoms. The first-order chi connectivity index (χ1) is 16.5. The highest BCUT2D eigenvalue weighted by molar-refractivity contribution is 5.98. The zero-order valence-electron chi connectivity index (χ0n) is 19.4. The van der Waals surface area contributed by atoms with Gasteiger partial charge in [0.1, 0.15) is 11.6 Å². The molecule has 3 aromatic carbocycles. The predicted octanol–water partition coefficient (Wildman–Crippen LogP) is 5.11. The van der Waals surface area contributed by atoms with Gasteiger partial charge in [-0.1, -0.05) is 43.3 Å². The first-order valence-electron chi connectivity index (χ1n) is 11.5. The number of nitrogens with one attached hydrogen (secondary N) is 1. The number of carbonyl (C=O) groups is 1. The standard InChI is InChI=1S/C28H29FN2O3/c1-3-13-34-27-12-11-20(19-7-6-8-22(29)14-19)16-25(27)28(33)30-23(18-32)15-21-17-31(2)26-10-5-4-9-24(21)26/h4-12,14,16-17,23,32H,3,13,15,18H2,1-2H3,(H,30,33)/t23-/m1/s1. The smallest absolute Gasteiger partial charge is 0.255 e. The van der Waals surface area contributed by atoms with Gasteiger partial charge < -0.3 is 19.7 Å². The molecule has 5 nitrogen and oxygen atoms in total. The Labute approximate surface area is 198 Å². The number of aliphatic hydroxyl groups excluding tert-OH is 1. The topological polar surface area (TPSA) is 63.5 Å². The van der Waals surface area contributed by atoms with E-state index in [4.69, 9.17) is 4.74 Å². The number of halogens is 1. The van der Waals surface area contributed by atoms with Crippen LogP contribution < -0.4 is 10.1 Å². The molecule has 6 heteroatoms. The molecule has 0 radical (unpaired) electrons. The average Bonchev–Trinajstić information content (AvgIpc) is 3.17. The molecule has 0 bridgehead atoms. The number of aromatic nitrogens is 1. The lowest BCUT2D eigenvalue weighted by Gasteiger charge is -2.18. The van der Waals surface area contributed by atoms with Crippen molar-refractivity contribution in [3.63, 3.8) is 0 Å². The Morgan fingerprint density at radius 1 is 1.09 bits per heavy atom. The van der Waals surface area contributed by atoms with E-state index in [0.29, 0.717) is 35.5 Å². The van der Waals surface area contributed by atoms with Gasteiger partial charge in [0.25, 0.3) is 5.91 Å². The van der Waals surface area contributed by atoms with Crippen LogP contribution in [0.3, 0.4) is 0 Å². The fourth-order valence-electron chi connectivity index (χ4n) is 4.17. The molecule has 176 valence electrons. The molecular formula is C28H29FN2O3. The Hall–Kier alpha value is -3.64. The molecule has 0 saturated carbocycles. The van der Waals surface area contributed by atoms with Gasteiger partial charge in [-0.3, -0.25) is 4.79 Å². The number of benzene rings is 3. The van der Waals surface area contributed by atoms with Crippen molar-refractivity contribution in [3.05, 3.63) is 89.9 Å². The second-order valence-corrected chi connectivity index (χ2v) is 8.41. The van der Waals surface area contributed by atoms with E-state index in [2.05, 4.69) is 5.32 Å². The van der Waals surface area contributed by atoms with Crippen LogP contribution in [0.15, 0.2) is 72.9 Å². The molecule has 1 amide bonds. The molecule has 0 aliphatic carbocycles. The van der Waals surface area contributed by atoms with Gasteiger partial charge in [0.05, 0.1) is 24.8 Å². The summed E-state index contributed by atoms with van der Waals surface area (Å²) in [7, 11) is 1.98. The predicted molar refractivity (Wildman–Crippen MR) is 133 cm³/mol. The first-order valence-corrected chi connectivity index (χ1v) is 11.5. The highest BCUT2D eigenvalue weighted by Gasteiger charge is 2.20. The first kappa shape index (κ1) is 23.5. The lowest BCUT2D eigenvalue weighted by atomic mass is 10.0. The molecular weight excluding hydrogens is 431 g/mol. The Kier molecular flexibility index (Phi) is 7.28. The number of aryl methyl sites for hydroxylation is 1. The van der Waals surface area contributed by atoms with E-state index >= 15 is 0 Å². The summed E-state index contributed by atoms with van der Waals surface area (Å²) in [6.07, 6.45) is 3.31. The Morgan fingerprint density at radius 2 is 1.88 bits per heavy atom. The van der Waals surface area contributed by atoms with Crippen LogP contribution in [0.5, 0.6) is 5.75 Å². The Balaban J connectivity index is 1.61. The second-order valence-electron chi connectivity index (χ2n) is 8.41. The van der Waals surface area contributed by atoms with E-state index in [1.807, 2.05) is 55.1 Å². The van der Waals surface area contributed by atoms with Crippen LogP contribution in [0.1, 0.15) is 29.3 Å². The summed E-state index contributed by atoms with van der Waals surface area (Å²) >= 11 is 0. The van der Waals surface area contributed by atoms with E-state index in [9.17, 15) is 14.3 Å². The van der Waals surface area contributed by atoms with Gasteiger partial charge in [-0.05, 0) is 59.9 Å². The number of hydrogen-bond acceptors (Lipinski definition) is 3. The third-order valence-electron chi connectivity index (χ3n) is 5.85. The largest absolute Gasteiger partial charge is 0.493 e. The van der Waals surface area contributed by atoms with Gasteiger partial charge in [0, 0.05) is 24.1 Å². The lowest BCUT2D eigenvalue weighted by Crippen LogP contribution is -2.39. The Morgan fingerprint density at radius 3 is 2.65 bits per heavy atom. The summed E-state index contributed by atoms with van der Waals surface area (Å²) in [5.74, 6) is -0.227. The average molecular weight is 461 g/mol. The van der Waals surface area contributed by atoms with Crippen molar-refractivity contribution < 1.29 is 19.0 Å². The van der Waals surface area contributed by atoms with Crippen LogP contribution in [-0.4, -0.2) is 34.8 Å². The molecule has 0 aliphatic rings. The minimum atomic E-state index is -0.477. The van der Waals surface area contributed by atoms with E-state index in [1.54, 1.807) is 24.3 Å². The highest BCUT2D eigenvalue weighted by Crippen LogP contribution is 2.28. The monoisotopic (exact) mass is 460 g/mol. The fraction of sp³-hybridized carbons (Fsp3) is 0.250. The van der Waals surface area contributed by atoms with Gasteiger partial charge in [-0.2, -0.15) is 0 Å². The second kappa shape index (κ2) is 10.5. The van der Waals surface area contributed by atoms with Crippen LogP contribution in [0.2, 0.25) is 0 Å². The van der Waals surface area contributed by atoms with Crippen molar-refractivity contribution in [2.45, 2.75) is 25.8 Å². The fourth-order valence-corrected chi connectivity index (χ4v) is 4.17. The number of nitrogens with zero attached hydrogens (tertiary/aromatic N) is 1. The third kappa shape index (κ3) is 5.13. The number of ether oxygens (including phenoxy) is 1. The van der Waals surface area contributed by atoms with Crippen LogP contribution in [0.25, 0.3) is 22.0 Å². The van der Waals surface area contributed by atoms with Gasteiger partial charge in [-0.15, -0.1) is 0 Å². The van der Waals surface area contributed by atoms with Crippen molar-refractivity contribution >= 4 is 16.8 Å². The number of para-hydroxylation sites is 1. The van der Waals surface area contributed by atoms with E-state index in [1.165, 1.54) is 12.1 Å². The summed E-state index contributed by atoms with van der Waals surface area (Å²) in [5, 5.41) is 14.1. The van der Waals surface area contributed by atoms with E-state index < -0.39 is 6.04 Å². The van der Waals surface area contributed by atoms with E-state index in [-0.39, 0.29) is 18.3 Å². The normalized spacial score (nSPS) is 12.0. The summed E-state index contributed by atoms with van der Waals surface area (Å²) in [6, 6.07) is 19.1. The van der Waals surface area contributed by atoms with Crippen molar-refractivity contribution in [3.8, 4) is 16.9 Å². The molecule has 0 aliphatic heterocycles. The molecule has 34 heavy (non-hydrogen) atoms. The number of hydrogen-bond donors (Lipinski definition) is 2. The summed E-state index contributed by atoms with van der Waals surface area (Å²) in [4.78, 5) is 13.3. The molecule has 4 rings (SSSR count). The van der Waals surface area contributed by atoms with Crippen LogP contribution in [0.4, 0.5) is 4.39 Å². The summed E-state index contributed by atoms with van der Waals surface area (Å²) in [5.41, 5.74) is 3.88. The quantitative estimate of drug-likeness (QED) is 0.365. The molecule has 0 fully saturated rings. The maximum atomic E-state index is 13.8. The van der Waals surface area contributed by atoms with E-state index in [0.717, 1.165) is 22.9 Å². The maximum absolute atomic E-state index is 13.8. The molecule has 0 unspecified atom stereocenters. The molecule has 1 heterocycles. The molecule has 2 N–H and O–H groups in total. The maximum Gasteiger partial charge on any atom is 0.255 e. The SMILES string of the molecule is CCCOc1ccc(-c2cccc(F)c2)cc1C(=O)N[C@@H](CO)Cc1cn(C)c2ccccc12. The molecule has 4 aromatic rings. The number of carbonyl (C=O) groups excluding carboxylic acids is 1. The number of amides is 1. The summed E-state index contributed by atoms with van der Waals surface area (Å²) in [6.45, 7) is 2.26. The van der Waals surface area contributed by atoms with Gasteiger partial charge in [-0.25, -0.2) is 4.39 Å². The van der Waals surface area contributed by atoms with Crippen molar-refractivity contribution in [2.75, 3.05) is 13.2 Å². The third-order valence-corrected chi connectivity index (χ3v) is 5.85. The molecule has 1 atom stereocenters. The highest BCUT2D eigenvalue weighted by atomic mass is 19.1. The minimum absolute atomic E-state index is 0.205. The van der Waals surface area contributed by atoms with Crippen molar-refractivity contribution in [2.24, 2.45) is 7.05 Å². The van der Waals surface area contributed by atoms with Crippen LogP contribution in [-0.2, 0) is 13.5 Å². The summed E-state index contributed by atoms with van der Waals surface area (Å²) < 4.78 is 21.6. The van der Waals surface area contributed by atoms with Gasteiger partial charge in [0.15, 0.2) is 0 Å². The number of fused-ring (bicyclic) bond motifs is 1. The Bertz CT molecular complexity index is 1300. The molecule has 1 aromatic heterocycles. The zero-order chi connectivity index (χ0) is 24.1. The van der Waals surface area contributed by atoms with Gasteiger partial charge >= 0.3 is 0 Å². The minimum Gasteiger partial charge on any atom is -0.493 e. The number of rotatable bonds is 9. The lowest BCUT2D eigenvalue weighted by molar-refractivity contribution is 0.0912. The van der Waals surface area contributed by atoms with Crippen molar-refractivity contribution in [1.82, 2.24) is 9.88 Å². The zero-order valence-corrected chi connectivity index (χ0v) is 19.4. The van der Waals surface area contributed by atoms with Crippen LogP contribution in [0, 0.1) is 5.82 Å². The van der Waals surface area contributed by atoms with Gasteiger partial charge in [0.2, 0.25) is 0 Å². The number of aliphatic hydroxyl groups is 1. The molecule has 0 saturated heterocycles. The van der Waals surface area contributed by atoms with Crippen molar-refractivity contribution in [1.29, 1.82) is 0 Å². The van der Waals surface area contributed by atoms with Crippen LogP contribution >= 0.6 is 0 Å².